The van der Waals surface area contributed by atoms with Gasteiger partial charge >= 0.3 is 0 Å². The maximum atomic E-state index is 9.32. The number of hydrogen-bond acceptors (Lipinski definition) is 3. The molecule has 1 heterocycles. The van der Waals surface area contributed by atoms with Crippen LogP contribution in [-0.2, 0) is 6.42 Å². The van der Waals surface area contributed by atoms with Crippen molar-refractivity contribution in [3.63, 3.8) is 0 Å². The fourth-order valence-corrected chi connectivity index (χ4v) is 1.75. The van der Waals surface area contributed by atoms with Gasteiger partial charge in [0.1, 0.15) is 5.82 Å². The number of rotatable bonds is 5. The van der Waals surface area contributed by atoms with Gasteiger partial charge in [-0.3, -0.25) is 0 Å². The summed E-state index contributed by atoms with van der Waals surface area (Å²) in [4.78, 5) is 7.73. The predicted octanol–water partition coefficient (Wildman–Crippen LogP) is 1.21. The fraction of sp³-hybridized carbons (Fsp3) is 0.417. The second-order valence-electron chi connectivity index (χ2n) is 3.98. The molecule has 0 fully saturated rings. The van der Waals surface area contributed by atoms with Crippen LogP contribution in [0.4, 0.5) is 0 Å². The Labute approximate surface area is 94.5 Å². The fourth-order valence-electron chi connectivity index (χ4n) is 1.75. The van der Waals surface area contributed by atoms with E-state index in [9.17, 15) is 5.11 Å². The molecule has 1 aromatic heterocycles. The number of aromatic amines is 1. The van der Waals surface area contributed by atoms with Crippen LogP contribution in [0, 0.1) is 0 Å². The highest BCUT2D eigenvalue weighted by molar-refractivity contribution is 5.74. The molecule has 1 aromatic carbocycles. The number of nitrogens with two attached hydrogens (primary N) is 1. The van der Waals surface area contributed by atoms with Crippen LogP contribution in [0.5, 0.6) is 0 Å². The number of fused-ring (bicyclic) bond motifs is 1. The molecule has 4 nitrogen and oxygen atoms in total. The first kappa shape index (κ1) is 11.1. The van der Waals surface area contributed by atoms with Gasteiger partial charge in [-0.1, -0.05) is 12.1 Å². The second kappa shape index (κ2) is 5.09. The van der Waals surface area contributed by atoms with Crippen molar-refractivity contribution in [1.29, 1.82) is 0 Å². The highest BCUT2D eigenvalue weighted by atomic mass is 16.3. The first-order valence-electron chi connectivity index (χ1n) is 5.61. The quantitative estimate of drug-likeness (QED) is 0.707. The van der Waals surface area contributed by atoms with Crippen molar-refractivity contribution < 1.29 is 5.11 Å². The molecule has 0 aliphatic carbocycles. The van der Waals surface area contributed by atoms with Crippen LogP contribution >= 0.6 is 0 Å². The highest BCUT2D eigenvalue weighted by Gasteiger charge is 2.04. The number of aliphatic hydroxyl groups is 1. The van der Waals surface area contributed by atoms with Crippen molar-refractivity contribution >= 4 is 11.0 Å². The van der Waals surface area contributed by atoms with E-state index in [0.717, 1.165) is 36.1 Å². The molecule has 2 aromatic rings. The topological polar surface area (TPSA) is 74.9 Å². The Morgan fingerprint density at radius 1 is 1.38 bits per heavy atom. The van der Waals surface area contributed by atoms with Crippen molar-refractivity contribution in [3.8, 4) is 0 Å². The molecule has 2 rings (SSSR count). The van der Waals surface area contributed by atoms with E-state index in [2.05, 4.69) is 9.97 Å². The lowest BCUT2D eigenvalue weighted by atomic mass is 10.1. The number of nitrogens with one attached hydrogen (secondary N) is 1. The van der Waals surface area contributed by atoms with E-state index in [1.54, 1.807) is 0 Å². The number of nitrogens with zero attached hydrogens (tertiary/aromatic N) is 1. The summed E-state index contributed by atoms with van der Waals surface area (Å²) >= 11 is 0. The molecule has 1 unspecified atom stereocenters. The van der Waals surface area contributed by atoms with E-state index in [0.29, 0.717) is 6.54 Å². The third-order valence-electron chi connectivity index (χ3n) is 2.66. The first-order chi connectivity index (χ1) is 7.79. The lowest BCUT2D eigenvalue weighted by Gasteiger charge is -2.05. The van der Waals surface area contributed by atoms with Gasteiger partial charge < -0.3 is 15.8 Å². The highest BCUT2D eigenvalue weighted by Crippen LogP contribution is 2.12. The number of aromatic nitrogens is 2. The van der Waals surface area contributed by atoms with E-state index in [-0.39, 0.29) is 6.10 Å². The third-order valence-corrected chi connectivity index (χ3v) is 2.66. The minimum absolute atomic E-state index is 0.333. The molecular formula is C12H17N3O. The van der Waals surface area contributed by atoms with Crippen LogP contribution in [0.3, 0.4) is 0 Å². The number of aliphatic hydroxyl groups excluding tert-OH is 1. The molecule has 0 spiro atoms. The molecule has 0 radical (unpaired) electrons. The van der Waals surface area contributed by atoms with Gasteiger partial charge in [0, 0.05) is 13.0 Å². The first-order valence-corrected chi connectivity index (χ1v) is 5.61. The Bertz CT molecular complexity index is 419. The maximum Gasteiger partial charge on any atom is 0.107 e. The number of H-pyrrole nitrogens is 1. The van der Waals surface area contributed by atoms with Crippen molar-refractivity contribution in [1.82, 2.24) is 9.97 Å². The van der Waals surface area contributed by atoms with Crippen molar-refractivity contribution in [2.45, 2.75) is 25.4 Å². The van der Waals surface area contributed by atoms with Gasteiger partial charge in [-0.05, 0) is 25.0 Å². The van der Waals surface area contributed by atoms with Crippen LogP contribution in [0.15, 0.2) is 24.3 Å². The van der Waals surface area contributed by atoms with Gasteiger partial charge in [-0.25, -0.2) is 4.98 Å². The zero-order valence-corrected chi connectivity index (χ0v) is 9.19. The Morgan fingerprint density at radius 2 is 2.19 bits per heavy atom. The number of imidazole rings is 1. The molecule has 0 saturated heterocycles. The minimum atomic E-state index is -0.385. The standard InChI is InChI=1S/C12H17N3O/c13-8-9(16)4-3-7-12-14-10-5-1-2-6-11(10)15-12/h1-2,5-6,9,16H,3-4,7-8,13H2,(H,14,15). The zero-order valence-electron chi connectivity index (χ0n) is 9.19. The molecular weight excluding hydrogens is 202 g/mol. The average molecular weight is 219 g/mol. The summed E-state index contributed by atoms with van der Waals surface area (Å²) in [5.74, 6) is 0.977. The van der Waals surface area contributed by atoms with Crippen LogP contribution < -0.4 is 5.73 Å². The largest absolute Gasteiger partial charge is 0.392 e. The smallest absolute Gasteiger partial charge is 0.107 e. The third kappa shape index (κ3) is 2.59. The average Bonchev–Trinajstić information content (AvgIpc) is 2.71. The van der Waals surface area contributed by atoms with E-state index < -0.39 is 0 Å². The summed E-state index contributed by atoms with van der Waals surface area (Å²) in [7, 11) is 0. The Morgan fingerprint density at radius 3 is 2.94 bits per heavy atom. The van der Waals surface area contributed by atoms with Gasteiger partial charge in [0.25, 0.3) is 0 Å². The van der Waals surface area contributed by atoms with E-state index in [4.69, 9.17) is 5.73 Å². The lowest BCUT2D eigenvalue weighted by molar-refractivity contribution is 0.170. The number of aryl methyl sites for hydroxylation is 1. The maximum absolute atomic E-state index is 9.32. The Kier molecular flexibility index (Phi) is 3.54. The molecule has 0 saturated carbocycles. The summed E-state index contributed by atoms with van der Waals surface area (Å²) < 4.78 is 0. The lowest BCUT2D eigenvalue weighted by Crippen LogP contribution is -2.19. The molecule has 0 aliphatic rings. The van der Waals surface area contributed by atoms with Gasteiger partial charge in [0.2, 0.25) is 0 Å². The molecule has 4 heteroatoms. The molecule has 0 amide bonds. The van der Waals surface area contributed by atoms with Gasteiger partial charge in [0.15, 0.2) is 0 Å². The summed E-state index contributed by atoms with van der Waals surface area (Å²) in [6.07, 6.45) is 2.10. The number of benzene rings is 1. The number of hydrogen-bond donors (Lipinski definition) is 3. The summed E-state index contributed by atoms with van der Waals surface area (Å²) in [5, 5.41) is 9.32. The van der Waals surface area contributed by atoms with Gasteiger partial charge in [-0.2, -0.15) is 0 Å². The predicted molar refractivity (Wildman–Crippen MR) is 64.1 cm³/mol. The van der Waals surface area contributed by atoms with E-state index in [1.807, 2.05) is 24.3 Å². The van der Waals surface area contributed by atoms with Crippen LogP contribution in [0.2, 0.25) is 0 Å². The van der Waals surface area contributed by atoms with E-state index in [1.165, 1.54) is 0 Å². The SMILES string of the molecule is NCC(O)CCCc1nc2ccccc2[nH]1. The summed E-state index contributed by atoms with van der Waals surface area (Å²) in [5.41, 5.74) is 7.40. The van der Waals surface area contributed by atoms with Crippen LogP contribution in [-0.4, -0.2) is 27.7 Å². The molecule has 0 aliphatic heterocycles. The van der Waals surface area contributed by atoms with Crippen LogP contribution in [0.1, 0.15) is 18.7 Å². The molecule has 0 bridgehead atoms. The van der Waals surface area contributed by atoms with Crippen molar-refractivity contribution in [2.75, 3.05) is 6.54 Å². The normalized spacial score (nSPS) is 13.1. The zero-order chi connectivity index (χ0) is 11.4. The molecule has 1 atom stereocenters. The van der Waals surface area contributed by atoms with E-state index >= 15 is 0 Å². The Balaban J connectivity index is 1.94. The second-order valence-corrected chi connectivity index (χ2v) is 3.98. The van der Waals surface area contributed by atoms with Gasteiger partial charge in [-0.15, -0.1) is 0 Å². The van der Waals surface area contributed by atoms with Crippen molar-refractivity contribution in [3.05, 3.63) is 30.1 Å². The van der Waals surface area contributed by atoms with Crippen LogP contribution in [0.25, 0.3) is 11.0 Å². The van der Waals surface area contributed by atoms with Gasteiger partial charge in [0.05, 0.1) is 17.1 Å². The minimum Gasteiger partial charge on any atom is -0.392 e. The summed E-state index contributed by atoms with van der Waals surface area (Å²) in [6, 6.07) is 7.97. The Hall–Kier alpha value is -1.39. The molecule has 4 N–H and O–H groups in total. The van der Waals surface area contributed by atoms with Crippen molar-refractivity contribution in [2.24, 2.45) is 5.73 Å². The molecule has 16 heavy (non-hydrogen) atoms. The number of para-hydroxylation sites is 2. The molecule has 86 valence electrons. The summed E-state index contributed by atoms with van der Waals surface area (Å²) in [6.45, 7) is 0.333. The monoisotopic (exact) mass is 219 g/mol.